The largest absolute Gasteiger partial charge is 0.350 e. The molecule has 0 aromatic carbocycles. The van der Waals surface area contributed by atoms with E-state index in [0.29, 0.717) is 0 Å². The van der Waals surface area contributed by atoms with E-state index in [1.807, 2.05) is 0 Å². The first-order valence-electron chi connectivity index (χ1n) is 2.66. The number of hydrogen-bond acceptors (Lipinski definition) is 2. The second-order valence-corrected chi connectivity index (χ2v) is 1.49. The summed E-state index contributed by atoms with van der Waals surface area (Å²) in [4.78, 5) is 3.51. The normalized spacial score (nSPS) is 11.9. The minimum Gasteiger partial charge on any atom is -0.350 e. The Morgan fingerprint density at radius 2 is 2.30 bits per heavy atom. The maximum atomic E-state index is 11.5. The molecule has 6 heteroatoms. The van der Waals surface area contributed by atoms with Gasteiger partial charge < -0.3 is 5.32 Å². The fourth-order valence-corrected chi connectivity index (χ4v) is 0.368. The summed E-state index contributed by atoms with van der Waals surface area (Å²) < 4.78 is 23.0. The first-order valence-corrected chi connectivity index (χ1v) is 2.66. The predicted molar refractivity (Wildman–Crippen MR) is 34.7 cm³/mol. The zero-order valence-electron chi connectivity index (χ0n) is 5.56. The van der Waals surface area contributed by atoms with E-state index in [2.05, 4.69) is 15.7 Å². The average molecular weight is 152 g/mol. The van der Waals surface area contributed by atoms with Gasteiger partial charge in [0.05, 0.1) is 6.54 Å². The van der Waals surface area contributed by atoms with Gasteiger partial charge in [-0.25, -0.2) is 14.6 Å². The summed E-state index contributed by atoms with van der Waals surface area (Å²) in [5.74, 6) is 5.03. The van der Waals surface area contributed by atoms with Crippen LogP contribution in [0.15, 0.2) is 4.99 Å². The maximum absolute atomic E-state index is 11.5. The Labute approximate surface area is 57.5 Å². The van der Waals surface area contributed by atoms with E-state index in [1.54, 1.807) is 0 Å². The van der Waals surface area contributed by atoms with Gasteiger partial charge in [-0.15, -0.1) is 0 Å². The number of halogens is 2. The van der Waals surface area contributed by atoms with Crippen LogP contribution in [0.25, 0.3) is 0 Å². The van der Waals surface area contributed by atoms with Crippen LogP contribution in [0.4, 0.5) is 8.78 Å². The van der Waals surface area contributed by atoms with Gasteiger partial charge in [0, 0.05) is 7.05 Å². The Morgan fingerprint density at radius 3 is 2.60 bits per heavy atom. The van der Waals surface area contributed by atoms with Gasteiger partial charge in [-0.1, -0.05) is 0 Å². The minimum absolute atomic E-state index is 0.153. The SMILES string of the molecule is CN=C(NN)NCC(F)F. The number of nitrogens with zero attached hydrogens (tertiary/aromatic N) is 1. The van der Waals surface area contributed by atoms with Crippen LogP contribution in [0, 0.1) is 0 Å². The van der Waals surface area contributed by atoms with Crippen LogP contribution in [-0.4, -0.2) is 26.0 Å². The van der Waals surface area contributed by atoms with Crippen LogP contribution in [-0.2, 0) is 0 Å². The summed E-state index contributed by atoms with van der Waals surface area (Å²) in [5, 5.41) is 2.28. The number of alkyl halides is 2. The zero-order chi connectivity index (χ0) is 7.98. The zero-order valence-corrected chi connectivity index (χ0v) is 5.56. The maximum Gasteiger partial charge on any atom is 0.255 e. The van der Waals surface area contributed by atoms with Crippen molar-refractivity contribution in [1.82, 2.24) is 10.7 Å². The minimum atomic E-state index is -2.40. The van der Waals surface area contributed by atoms with Crippen molar-refractivity contribution in [2.45, 2.75) is 6.43 Å². The number of aliphatic imine (C=N–C) groups is 1. The number of rotatable bonds is 2. The van der Waals surface area contributed by atoms with Crippen LogP contribution < -0.4 is 16.6 Å². The molecule has 0 aromatic heterocycles. The molecular weight excluding hydrogens is 142 g/mol. The van der Waals surface area contributed by atoms with Crippen molar-refractivity contribution >= 4 is 5.96 Å². The number of nitrogens with two attached hydrogens (primary N) is 1. The van der Waals surface area contributed by atoms with Gasteiger partial charge in [-0.3, -0.25) is 10.4 Å². The third-order valence-corrected chi connectivity index (χ3v) is 0.784. The molecule has 0 aliphatic heterocycles. The molecule has 0 atom stereocenters. The van der Waals surface area contributed by atoms with Gasteiger partial charge in [0.25, 0.3) is 6.43 Å². The van der Waals surface area contributed by atoms with E-state index in [-0.39, 0.29) is 5.96 Å². The molecule has 0 saturated heterocycles. The summed E-state index contributed by atoms with van der Waals surface area (Å²) in [6.07, 6.45) is -2.40. The first-order chi connectivity index (χ1) is 4.70. The quantitative estimate of drug-likeness (QED) is 0.212. The van der Waals surface area contributed by atoms with Crippen molar-refractivity contribution < 1.29 is 8.78 Å². The number of nitrogens with one attached hydrogen (secondary N) is 2. The highest BCUT2D eigenvalue weighted by molar-refractivity contribution is 5.78. The van der Waals surface area contributed by atoms with Crippen molar-refractivity contribution in [1.29, 1.82) is 0 Å². The molecule has 0 heterocycles. The van der Waals surface area contributed by atoms with Crippen molar-refractivity contribution in [3.05, 3.63) is 0 Å². The molecule has 0 fully saturated rings. The molecule has 0 aliphatic rings. The van der Waals surface area contributed by atoms with Crippen molar-refractivity contribution in [2.75, 3.05) is 13.6 Å². The summed E-state index contributed by atoms with van der Waals surface area (Å²) in [6.45, 7) is -0.448. The standard InChI is InChI=1S/C4H10F2N4/c1-8-4(10-7)9-2-3(5)6/h3H,2,7H2,1H3,(H2,8,9,10). The van der Waals surface area contributed by atoms with Gasteiger partial charge in [0.1, 0.15) is 0 Å². The molecule has 4 nitrogen and oxygen atoms in total. The first kappa shape index (κ1) is 9.09. The van der Waals surface area contributed by atoms with Crippen LogP contribution in [0.3, 0.4) is 0 Å². The molecule has 0 bridgehead atoms. The number of guanidine groups is 1. The fraction of sp³-hybridized carbons (Fsp3) is 0.750. The second-order valence-electron chi connectivity index (χ2n) is 1.49. The highest BCUT2D eigenvalue weighted by Crippen LogP contribution is 1.86. The van der Waals surface area contributed by atoms with E-state index < -0.39 is 13.0 Å². The lowest BCUT2D eigenvalue weighted by atomic mass is 10.7. The lowest BCUT2D eigenvalue weighted by Crippen LogP contribution is -2.43. The molecule has 60 valence electrons. The molecule has 10 heavy (non-hydrogen) atoms. The summed E-state index contributed by atoms with van der Waals surface area (Å²) >= 11 is 0. The van der Waals surface area contributed by atoms with E-state index >= 15 is 0 Å². The van der Waals surface area contributed by atoms with E-state index in [9.17, 15) is 8.78 Å². The van der Waals surface area contributed by atoms with E-state index in [0.717, 1.165) is 0 Å². The Balaban J connectivity index is 3.46. The van der Waals surface area contributed by atoms with Gasteiger partial charge in [0.15, 0.2) is 0 Å². The highest BCUT2D eigenvalue weighted by Gasteiger charge is 2.01. The van der Waals surface area contributed by atoms with Crippen LogP contribution in [0.5, 0.6) is 0 Å². The van der Waals surface area contributed by atoms with Gasteiger partial charge in [-0.05, 0) is 0 Å². The lowest BCUT2D eigenvalue weighted by Gasteiger charge is -2.05. The average Bonchev–Trinajstić information content (AvgIpc) is 1.90. The molecule has 0 aromatic rings. The van der Waals surface area contributed by atoms with Crippen LogP contribution >= 0.6 is 0 Å². The Kier molecular flexibility index (Phi) is 4.47. The number of hydrazine groups is 1. The van der Waals surface area contributed by atoms with Crippen molar-refractivity contribution in [3.8, 4) is 0 Å². The second kappa shape index (κ2) is 4.92. The lowest BCUT2D eigenvalue weighted by molar-refractivity contribution is 0.152. The van der Waals surface area contributed by atoms with Crippen molar-refractivity contribution in [3.63, 3.8) is 0 Å². The van der Waals surface area contributed by atoms with Gasteiger partial charge in [-0.2, -0.15) is 0 Å². The molecule has 4 N–H and O–H groups in total. The Hall–Kier alpha value is -0.910. The van der Waals surface area contributed by atoms with Crippen LogP contribution in [0.2, 0.25) is 0 Å². The predicted octanol–water partition coefficient (Wildman–Crippen LogP) is -0.710. The fourth-order valence-electron chi connectivity index (χ4n) is 0.368. The third-order valence-electron chi connectivity index (χ3n) is 0.784. The molecular formula is C4H10F2N4. The Bertz CT molecular complexity index is 114. The Morgan fingerprint density at radius 1 is 1.70 bits per heavy atom. The van der Waals surface area contributed by atoms with E-state index in [1.165, 1.54) is 7.05 Å². The summed E-state index contributed by atoms with van der Waals surface area (Å²) in [7, 11) is 1.44. The number of hydrogen-bond donors (Lipinski definition) is 3. The molecule has 0 saturated carbocycles. The molecule has 0 unspecified atom stereocenters. The summed E-state index contributed by atoms with van der Waals surface area (Å²) in [6, 6.07) is 0. The summed E-state index contributed by atoms with van der Waals surface area (Å²) in [5.41, 5.74) is 2.11. The monoisotopic (exact) mass is 152 g/mol. The van der Waals surface area contributed by atoms with Crippen LogP contribution in [0.1, 0.15) is 0 Å². The van der Waals surface area contributed by atoms with Crippen molar-refractivity contribution in [2.24, 2.45) is 10.8 Å². The molecule has 0 radical (unpaired) electrons. The molecule has 0 rings (SSSR count). The molecule has 0 spiro atoms. The topological polar surface area (TPSA) is 62.4 Å². The smallest absolute Gasteiger partial charge is 0.255 e. The highest BCUT2D eigenvalue weighted by atomic mass is 19.3. The third kappa shape index (κ3) is 4.02. The molecule has 0 amide bonds. The van der Waals surface area contributed by atoms with Gasteiger partial charge >= 0.3 is 0 Å². The van der Waals surface area contributed by atoms with Gasteiger partial charge in [0.2, 0.25) is 5.96 Å². The molecule has 0 aliphatic carbocycles. The van der Waals surface area contributed by atoms with E-state index in [4.69, 9.17) is 5.84 Å².